The molecule has 0 fully saturated rings. The third-order valence-electron chi connectivity index (χ3n) is 3.45. The smallest absolute Gasteiger partial charge is 0.329 e. The largest absolute Gasteiger partial charge is 0.412 e. The molecule has 2 N–H and O–H groups in total. The van der Waals surface area contributed by atoms with Crippen molar-refractivity contribution in [2.75, 3.05) is 19.6 Å². The molecule has 1 aliphatic heterocycles. The van der Waals surface area contributed by atoms with E-state index in [1.54, 1.807) is 0 Å². The van der Waals surface area contributed by atoms with Crippen molar-refractivity contribution in [3.63, 3.8) is 0 Å². The lowest BCUT2D eigenvalue weighted by atomic mass is 10.0. The van der Waals surface area contributed by atoms with E-state index >= 15 is 0 Å². The van der Waals surface area contributed by atoms with E-state index < -0.39 is 11.7 Å². The van der Waals surface area contributed by atoms with Gasteiger partial charge in [0.1, 0.15) is 0 Å². The Bertz CT molecular complexity index is 440. The minimum atomic E-state index is -4.20. The van der Waals surface area contributed by atoms with Crippen LogP contribution in [0.2, 0.25) is 0 Å². The van der Waals surface area contributed by atoms with Gasteiger partial charge in [0.25, 0.3) is 0 Å². The number of halogens is 3. The van der Waals surface area contributed by atoms with Gasteiger partial charge in [-0.3, -0.25) is 4.90 Å². The maximum Gasteiger partial charge on any atom is 0.412 e. The monoisotopic (exact) mass is 270 g/mol. The Kier molecular flexibility index (Phi) is 4.27. The van der Waals surface area contributed by atoms with Crippen LogP contribution >= 0.6 is 0 Å². The first-order valence-electron chi connectivity index (χ1n) is 6.27. The maximum absolute atomic E-state index is 12.6. The van der Waals surface area contributed by atoms with Gasteiger partial charge in [0.2, 0.25) is 0 Å². The van der Waals surface area contributed by atoms with E-state index in [2.05, 4.69) is 0 Å². The minimum absolute atomic E-state index is 0.0211. The molecule has 1 atom stereocenters. The highest BCUT2D eigenvalue weighted by atomic mass is 19.4. The molecule has 104 valence electrons. The molecule has 1 aromatic rings. The van der Waals surface area contributed by atoms with E-state index in [0.717, 1.165) is 5.56 Å². The Morgan fingerprint density at radius 3 is 2.37 bits per heavy atom. The summed E-state index contributed by atoms with van der Waals surface area (Å²) in [5.41, 5.74) is 6.40. The van der Waals surface area contributed by atoms with Gasteiger partial charge < -0.3 is 5.73 Å². The van der Waals surface area contributed by atoms with Gasteiger partial charge in [-0.15, -0.1) is 0 Å². The van der Waals surface area contributed by atoms with E-state index in [1.165, 1.54) is 6.08 Å². The van der Waals surface area contributed by atoms with Crippen LogP contribution < -0.4 is 5.73 Å². The Labute approximate surface area is 110 Å². The SMILES string of the molecule is NCC(c1ccccc1)N1CC=C(C(F)(F)F)CC1. The van der Waals surface area contributed by atoms with Gasteiger partial charge in [-0.05, 0) is 12.0 Å². The third kappa shape index (κ3) is 3.36. The summed E-state index contributed by atoms with van der Waals surface area (Å²) in [5.74, 6) is 0. The first-order valence-corrected chi connectivity index (χ1v) is 6.27. The molecular weight excluding hydrogens is 253 g/mol. The highest BCUT2D eigenvalue weighted by molar-refractivity contribution is 5.21. The van der Waals surface area contributed by atoms with Crippen molar-refractivity contribution in [1.29, 1.82) is 0 Å². The predicted molar refractivity (Wildman–Crippen MR) is 68.6 cm³/mol. The summed E-state index contributed by atoms with van der Waals surface area (Å²) in [6.45, 7) is 1.09. The van der Waals surface area contributed by atoms with E-state index in [0.29, 0.717) is 19.6 Å². The molecule has 0 bridgehead atoms. The zero-order chi connectivity index (χ0) is 13.9. The molecule has 0 saturated heterocycles. The van der Waals surface area contributed by atoms with Crippen LogP contribution in [0.3, 0.4) is 0 Å². The molecule has 0 aliphatic carbocycles. The molecule has 0 saturated carbocycles. The molecule has 0 amide bonds. The van der Waals surface area contributed by atoms with Crippen molar-refractivity contribution in [3.05, 3.63) is 47.5 Å². The predicted octanol–water partition coefficient (Wildman–Crippen LogP) is 2.88. The summed E-state index contributed by atoms with van der Waals surface area (Å²) in [7, 11) is 0. The second-order valence-corrected chi connectivity index (χ2v) is 4.63. The van der Waals surface area contributed by atoms with Crippen molar-refractivity contribution in [2.24, 2.45) is 5.73 Å². The minimum Gasteiger partial charge on any atom is -0.329 e. The summed E-state index contributed by atoms with van der Waals surface area (Å²) in [6, 6.07) is 9.64. The van der Waals surface area contributed by atoms with Gasteiger partial charge in [-0.1, -0.05) is 36.4 Å². The first kappa shape index (κ1) is 14.1. The zero-order valence-electron chi connectivity index (χ0n) is 10.5. The van der Waals surface area contributed by atoms with Crippen molar-refractivity contribution in [3.8, 4) is 0 Å². The number of nitrogens with two attached hydrogens (primary N) is 1. The highest BCUT2D eigenvalue weighted by Gasteiger charge is 2.35. The Morgan fingerprint density at radius 1 is 1.21 bits per heavy atom. The topological polar surface area (TPSA) is 29.3 Å². The number of benzene rings is 1. The zero-order valence-corrected chi connectivity index (χ0v) is 10.5. The average molecular weight is 270 g/mol. The van der Waals surface area contributed by atoms with Crippen molar-refractivity contribution in [2.45, 2.75) is 18.6 Å². The van der Waals surface area contributed by atoms with Crippen LogP contribution in [0.15, 0.2) is 42.0 Å². The van der Waals surface area contributed by atoms with Crippen LogP contribution in [0.4, 0.5) is 13.2 Å². The first-order chi connectivity index (χ1) is 9.02. The summed E-state index contributed by atoms with van der Waals surface area (Å²) >= 11 is 0. The number of nitrogens with zero attached hydrogens (tertiary/aromatic N) is 1. The molecule has 5 heteroatoms. The molecule has 0 spiro atoms. The average Bonchev–Trinajstić information content (AvgIpc) is 2.40. The third-order valence-corrected chi connectivity index (χ3v) is 3.45. The van der Waals surface area contributed by atoms with Gasteiger partial charge in [-0.25, -0.2) is 0 Å². The Balaban J connectivity index is 2.10. The van der Waals surface area contributed by atoms with Gasteiger partial charge in [0.15, 0.2) is 0 Å². The van der Waals surface area contributed by atoms with Gasteiger partial charge in [0.05, 0.1) is 0 Å². The second kappa shape index (κ2) is 5.75. The summed E-state index contributed by atoms with van der Waals surface area (Å²) in [5, 5.41) is 0. The molecule has 19 heavy (non-hydrogen) atoms. The van der Waals surface area contributed by atoms with Crippen LogP contribution in [-0.4, -0.2) is 30.7 Å². The van der Waals surface area contributed by atoms with E-state index in [9.17, 15) is 13.2 Å². The van der Waals surface area contributed by atoms with Crippen molar-refractivity contribution >= 4 is 0 Å². The number of hydrogen-bond acceptors (Lipinski definition) is 2. The number of alkyl halides is 3. The fourth-order valence-corrected chi connectivity index (χ4v) is 2.40. The van der Waals surface area contributed by atoms with E-state index in [4.69, 9.17) is 5.73 Å². The van der Waals surface area contributed by atoms with Crippen molar-refractivity contribution in [1.82, 2.24) is 4.90 Å². The fourth-order valence-electron chi connectivity index (χ4n) is 2.40. The standard InChI is InChI=1S/C14H17F3N2/c15-14(16,17)12-6-8-19(9-7-12)13(10-18)11-4-2-1-3-5-11/h1-6,13H,7-10,18H2. The molecule has 2 nitrogen and oxygen atoms in total. The van der Waals surface area contributed by atoms with E-state index in [-0.39, 0.29) is 12.5 Å². The Hall–Kier alpha value is -1.33. The molecule has 1 aliphatic rings. The van der Waals surface area contributed by atoms with Crippen molar-refractivity contribution < 1.29 is 13.2 Å². The quantitative estimate of drug-likeness (QED) is 0.856. The summed E-state index contributed by atoms with van der Waals surface area (Å²) < 4.78 is 37.7. The number of rotatable bonds is 3. The number of hydrogen-bond donors (Lipinski definition) is 1. The molecular formula is C14H17F3N2. The normalized spacial score (nSPS) is 19.1. The highest BCUT2D eigenvalue weighted by Crippen LogP contribution is 2.32. The van der Waals surface area contributed by atoms with Gasteiger partial charge >= 0.3 is 6.18 Å². The molecule has 0 radical (unpaired) electrons. The Morgan fingerprint density at radius 2 is 1.89 bits per heavy atom. The van der Waals surface area contributed by atoms with E-state index in [1.807, 2.05) is 35.2 Å². The van der Waals surface area contributed by atoms with Crippen LogP contribution in [0.25, 0.3) is 0 Å². The summed E-state index contributed by atoms with van der Waals surface area (Å²) in [6.07, 6.45) is -2.89. The fraction of sp³-hybridized carbons (Fsp3) is 0.429. The van der Waals surface area contributed by atoms with Crippen LogP contribution in [0.5, 0.6) is 0 Å². The molecule has 2 rings (SSSR count). The lowest BCUT2D eigenvalue weighted by Crippen LogP contribution is -2.38. The van der Waals surface area contributed by atoms with Gasteiger partial charge in [0, 0.05) is 31.2 Å². The van der Waals surface area contributed by atoms with Crippen LogP contribution in [-0.2, 0) is 0 Å². The second-order valence-electron chi connectivity index (χ2n) is 4.63. The van der Waals surface area contributed by atoms with Gasteiger partial charge in [-0.2, -0.15) is 13.2 Å². The molecule has 0 aromatic heterocycles. The lowest BCUT2D eigenvalue weighted by molar-refractivity contribution is -0.0964. The maximum atomic E-state index is 12.6. The molecule has 1 unspecified atom stereocenters. The molecule has 1 aromatic carbocycles. The van der Waals surface area contributed by atoms with Crippen LogP contribution in [0.1, 0.15) is 18.0 Å². The lowest BCUT2D eigenvalue weighted by Gasteiger charge is -2.34. The molecule has 1 heterocycles. The summed E-state index contributed by atoms with van der Waals surface area (Å²) in [4.78, 5) is 1.99. The van der Waals surface area contributed by atoms with Crippen LogP contribution in [0, 0.1) is 0 Å².